The molecule has 1 aromatic carbocycles. The molecule has 2 aliphatic heterocycles. The molecule has 3 atom stereocenters. The van der Waals surface area contributed by atoms with Gasteiger partial charge in [-0.1, -0.05) is 0 Å². The van der Waals surface area contributed by atoms with Gasteiger partial charge in [0.05, 0.1) is 11.0 Å². The summed E-state index contributed by atoms with van der Waals surface area (Å²) in [5, 5.41) is 14.1. The van der Waals surface area contributed by atoms with Gasteiger partial charge in [0.1, 0.15) is 6.04 Å². The number of fused-ring (bicyclic) bond motifs is 6. The number of benzene rings is 1. The molecule has 130 valence electrons. The number of carboxylic acids is 1. The van der Waals surface area contributed by atoms with E-state index in [4.69, 9.17) is 5.11 Å². The average molecular weight is 340 g/mol. The van der Waals surface area contributed by atoms with Crippen LogP contribution in [0.25, 0.3) is 11.0 Å². The topological polar surface area (TPSA) is 104 Å². The Balaban J connectivity index is 0.000000150. The van der Waals surface area contributed by atoms with Crippen molar-refractivity contribution in [2.75, 3.05) is 13.1 Å². The third kappa shape index (κ3) is 3.07. The molecule has 7 nitrogen and oxygen atoms in total. The number of rotatable bonds is 1. The first-order valence-corrected chi connectivity index (χ1v) is 8.59. The van der Waals surface area contributed by atoms with Gasteiger partial charge in [-0.05, 0) is 47.9 Å². The van der Waals surface area contributed by atoms with Crippen molar-refractivity contribution in [3.8, 4) is 0 Å². The zero-order valence-corrected chi connectivity index (χ0v) is 13.7. The Morgan fingerprint density at radius 1 is 1.08 bits per heavy atom. The number of aromatic nitrogens is 2. The Morgan fingerprint density at radius 3 is 2.12 bits per heavy atom. The van der Waals surface area contributed by atoms with Crippen LogP contribution >= 0.6 is 0 Å². The number of carbonyl (C=O) groups excluding carboxylic acids is 1. The van der Waals surface area contributed by atoms with Crippen molar-refractivity contribution in [3.63, 3.8) is 0 Å². The van der Waals surface area contributed by atoms with Gasteiger partial charge in [0.2, 0.25) is 5.91 Å². The van der Waals surface area contributed by atoms with Crippen molar-refractivity contribution >= 4 is 22.9 Å². The SMILES string of the molecule is O=C1CC[C@@H](C(=O)O)N1.c1cnc2cc3c(cc2n1)[C@H]1CNC[C@H]3C1. The summed E-state index contributed by atoms with van der Waals surface area (Å²) in [5.74, 6) is 0.281. The Labute approximate surface area is 144 Å². The molecule has 2 aromatic rings. The fraction of sp³-hybridized carbons (Fsp3) is 0.444. The first-order valence-electron chi connectivity index (χ1n) is 8.59. The van der Waals surface area contributed by atoms with Crippen LogP contribution in [0.3, 0.4) is 0 Å². The number of carbonyl (C=O) groups is 2. The van der Waals surface area contributed by atoms with E-state index in [1.807, 2.05) is 0 Å². The van der Waals surface area contributed by atoms with Crippen molar-refractivity contribution in [3.05, 3.63) is 35.7 Å². The minimum atomic E-state index is -0.944. The van der Waals surface area contributed by atoms with Crippen LogP contribution in [-0.4, -0.2) is 46.1 Å². The normalized spacial score (nSPS) is 26.6. The molecule has 25 heavy (non-hydrogen) atoms. The lowest BCUT2D eigenvalue weighted by Crippen LogP contribution is -2.32. The summed E-state index contributed by atoms with van der Waals surface area (Å²) in [5.41, 5.74) is 5.08. The predicted octanol–water partition coefficient (Wildman–Crippen LogP) is 1.15. The van der Waals surface area contributed by atoms with Gasteiger partial charge in [-0.2, -0.15) is 0 Å². The molecule has 1 amide bonds. The highest BCUT2D eigenvalue weighted by atomic mass is 16.4. The molecule has 1 aromatic heterocycles. The maximum Gasteiger partial charge on any atom is 0.326 e. The van der Waals surface area contributed by atoms with E-state index in [9.17, 15) is 9.59 Å². The number of carboxylic acid groups (broad SMARTS) is 1. The summed E-state index contributed by atoms with van der Waals surface area (Å²) in [7, 11) is 0. The van der Waals surface area contributed by atoms with Crippen LogP contribution in [0, 0.1) is 0 Å². The lowest BCUT2D eigenvalue weighted by Gasteiger charge is -2.19. The third-order valence-corrected chi connectivity index (χ3v) is 5.20. The lowest BCUT2D eigenvalue weighted by atomic mass is 9.98. The van der Waals surface area contributed by atoms with Gasteiger partial charge < -0.3 is 15.7 Å². The van der Waals surface area contributed by atoms with Gasteiger partial charge in [0, 0.05) is 31.9 Å². The minimum Gasteiger partial charge on any atom is -0.480 e. The van der Waals surface area contributed by atoms with Crippen LogP contribution in [-0.2, 0) is 9.59 Å². The quantitative estimate of drug-likeness (QED) is 0.719. The molecular weight excluding hydrogens is 320 g/mol. The zero-order chi connectivity index (χ0) is 17.4. The summed E-state index contributed by atoms with van der Waals surface area (Å²) >= 11 is 0. The Bertz CT molecular complexity index is 790. The maximum atomic E-state index is 10.4. The van der Waals surface area contributed by atoms with E-state index in [0.717, 1.165) is 24.1 Å². The van der Waals surface area contributed by atoms with Gasteiger partial charge in [0.25, 0.3) is 0 Å². The van der Waals surface area contributed by atoms with Crippen LogP contribution < -0.4 is 10.6 Å². The van der Waals surface area contributed by atoms with Crippen molar-refractivity contribution in [2.45, 2.75) is 37.1 Å². The first-order chi connectivity index (χ1) is 12.1. The predicted molar refractivity (Wildman–Crippen MR) is 91.3 cm³/mol. The van der Waals surface area contributed by atoms with Crippen LogP contribution in [0.4, 0.5) is 0 Å². The van der Waals surface area contributed by atoms with Crippen LogP contribution in [0.1, 0.15) is 42.2 Å². The Hall–Kier alpha value is -2.54. The van der Waals surface area contributed by atoms with Crippen molar-refractivity contribution in [1.29, 1.82) is 0 Å². The van der Waals surface area contributed by atoms with Crippen molar-refractivity contribution < 1.29 is 14.7 Å². The number of hydrogen-bond donors (Lipinski definition) is 3. The van der Waals surface area contributed by atoms with E-state index >= 15 is 0 Å². The van der Waals surface area contributed by atoms with Gasteiger partial charge in [-0.25, -0.2) is 4.79 Å². The summed E-state index contributed by atoms with van der Waals surface area (Å²) in [6, 6.07) is 3.85. The highest BCUT2D eigenvalue weighted by molar-refractivity contribution is 5.87. The molecule has 5 rings (SSSR count). The van der Waals surface area contributed by atoms with E-state index in [2.05, 4.69) is 32.7 Å². The molecule has 2 bridgehead atoms. The first kappa shape index (κ1) is 16.0. The smallest absolute Gasteiger partial charge is 0.326 e. The Morgan fingerprint density at radius 2 is 1.68 bits per heavy atom. The molecule has 0 spiro atoms. The second-order valence-corrected chi connectivity index (χ2v) is 6.81. The number of hydrogen-bond acceptors (Lipinski definition) is 5. The largest absolute Gasteiger partial charge is 0.480 e. The molecule has 3 N–H and O–H groups in total. The van der Waals surface area contributed by atoms with E-state index in [1.165, 1.54) is 17.5 Å². The molecule has 0 unspecified atom stereocenters. The average Bonchev–Trinajstić information content (AvgIpc) is 3.16. The molecule has 1 aliphatic carbocycles. The summed E-state index contributed by atoms with van der Waals surface area (Å²) in [4.78, 5) is 29.3. The van der Waals surface area contributed by atoms with Gasteiger partial charge in [-0.15, -0.1) is 0 Å². The van der Waals surface area contributed by atoms with E-state index < -0.39 is 12.0 Å². The zero-order valence-electron chi connectivity index (χ0n) is 13.7. The molecule has 0 saturated carbocycles. The van der Waals surface area contributed by atoms with Gasteiger partial charge in [-0.3, -0.25) is 14.8 Å². The van der Waals surface area contributed by atoms with Gasteiger partial charge in [0.15, 0.2) is 0 Å². The highest BCUT2D eigenvalue weighted by Crippen LogP contribution is 2.44. The monoisotopic (exact) mass is 340 g/mol. The van der Waals surface area contributed by atoms with E-state index in [0.29, 0.717) is 24.7 Å². The molecule has 3 aliphatic rings. The van der Waals surface area contributed by atoms with Crippen LogP contribution in [0.15, 0.2) is 24.5 Å². The molecular formula is C18H20N4O3. The van der Waals surface area contributed by atoms with Crippen molar-refractivity contribution in [1.82, 2.24) is 20.6 Å². The molecule has 0 radical (unpaired) electrons. The number of piperidine rings is 1. The number of nitrogens with one attached hydrogen (secondary N) is 2. The second-order valence-electron chi connectivity index (χ2n) is 6.81. The number of aliphatic carboxylic acids is 1. The van der Waals surface area contributed by atoms with E-state index in [-0.39, 0.29) is 5.91 Å². The number of amides is 1. The molecule has 2 saturated heterocycles. The number of nitrogens with zero attached hydrogens (tertiary/aromatic N) is 2. The third-order valence-electron chi connectivity index (χ3n) is 5.20. The fourth-order valence-electron chi connectivity index (χ4n) is 3.97. The summed E-state index contributed by atoms with van der Waals surface area (Å²) in [6.07, 6.45) is 5.62. The second kappa shape index (κ2) is 6.40. The van der Waals surface area contributed by atoms with Crippen LogP contribution in [0.5, 0.6) is 0 Å². The minimum absolute atomic E-state index is 0.164. The summed E-state index contributed by atoms with van der Waals surface area (Å²) < 4.78 is 0. The fourth-order valence-corrected chi connectivity index (χ4v) is 3.97. The molecule has 2 fully saturated rings. The molecule has 7 heteroatoms. The highest BCUT2D eigenvalue weighted by Gasteiger charge is 2.34. The van der Waals surface area contributed by atoms with Gasteiger partial charge >= 0.3 is 5.97 Å². The maximum absolute atomic E-state index is 10.4. The Kier molecular flexibility index (Phi) is 4.09. The lowest BCUT2D eigenvalue weighted by molar-refractivity contribution is -0.140. The van der Waals surface area contributed by atoms with Crippen molar-refractivity contribution in [2.24, 2.45) is 0 Å². The standard InChI is InChI=1S/C13H13N3.C5H7NO3/c1-2-16-13-5-11-9-3-8(6-14-7-9)10(11)4-12(13)15-1;7-4-2-1-3(6-4)5(8)9/h1-2,4-5,8-9,14H,3,6-7H2;3H,1-2H2,(H,6,7)(H,8,9)/t8-,9-;3-/m10/s1. The van der Waals surface area contributed by atoms with E-state index in [1.54, 1.807) is 12.4 Å². The molecule has 3 heterocycles. The van der Waals surface area contributed by atoms with Crippen LogP contribution in [0.2, 0.25) is 0 Å². The summed E-state index contributed by atoms with van der Waals surface area (Å²) in [6.45, 7) is 2.24.